The van der Waals surface area contributed by atoms with Gasteiger partial charge in [0.2, 0.25) is 0 Å². The number of hydrogen-bond acceptors (Lipinski definition) is 4. The van der Waals surface area contributed by atoms with Gasteiger partial charge in [-0.15, -0.1) is 0 Å². The van der Waals surface area contributed by atoms with E-state index in [1.807, 2.05) is 18.7 Å². The molecular formula is C11H16ClN3S. The van der Waals surface area contributed by atoms with E-state index in [9.17, 15) is 0 Å². The molecule has 0 radical (unpaired) electrons. The highest BCUT2D eigenvalue weighted by atomic mass is 35.5. The molecule has 1 atom stereocenters. The van der Waals surface area contributed by atoms with Crippen molar-refractivity contribution in [2.24, 2.45) is 0 Å². The van der Waals surface area contributed by atoms with Crippen LogP contribution in [0.5, 0.6) is 0 Å². The third-order valence-corrected chi connectivity index (χ3v) is 3.98. The zero-order chi connectivity index (χ0) is 11.4. The van der Waals surface area contributed by atoms with E-state index in [2.05, 4.69) is 15.3 Å². The van der Waals surface area contributed by atoms with Crippen molar-refractivity contribution in [1.29, 1.82) is 0 Å². The van der Waals surface area contributed by atoms with Crippen molar-refractivity contribution in [2.45, 2.75) is 32.2 Å². The maximum absolute atomic E-state index is 5.95. The normalized spacial score (nSPS) is 20.8. The SMILES string of the molecule is CCc1nc(Cl)cc(NC2CCCSC2)n1. The molecular weight excluding hydrogens is 242 g/mol. The second-order valence-electron chi connectivity index (χ2n) is 3.90. The van der Waals surface area contributed by atoms with Gasteiger partial charge in [-0.1, -0.05) is 18.5 Å². The van der Waals surface area contributed by atoms with Crippen LogP contribution in [0.4, 0.5) is 5.82 Å². The third-order valence-electron chi connectivity index (χ3n) is 2.57. The van der Waals surface area contributed by atoms with Gasteiger partial charge < -0.3 is 5.32 Å². The first-order valence-electron chi connectivity index (χ1n) is 5.65. The molecule has 16 heavy (non-hydrogen) atoms. The molecule has 3 nitrogen and oxygen atoms in total. The Morgan fingerprint density at radius 3 is 3.12 bits per heavy atom. The van der Waals surface area contributed by atoms with Crippen LogP contribution >= 0.6 is 23.4 Å². The van der Waals surface area contributed by atoms with E-state index >= 15 is 0 Å². The summed E-state index contributed by atoms with van der Waals surface area (Å²) in [5, 5.41) is 3.97. The first kappa shape index (κ1) is 12.0. The second-order valence-corrected chi connectivity index (χ2v) is 5.44. The van der Waals surface area contributed by atoms with Crippen molar-refractivity contribution < 1.29 is 0 Å². The van der Waals surface area contributed by atoms with Crippen LogP contribution in [0.1, 0.15) is 25.6 Å². The lowest BCUT2D eigenvalue weighted by Gasteiger charge is -2.23. The Labute approximate surface area is 105 Å². The Kier molecular flexibility index (Phi) is 4.29. The minimum absolute atomic E-state index is 0.523. The first-order chi connectivity index (χ1) is 7.78. The van der Waals surface area contributed by atoms with Gasteiger partial charge in [0.1, 0.15) is 16.8 Å². The number of aryl methyl sites for hydroxylation is 1. The molecule has 0 amide bonds. The topological polar surface area (TPSA) is 37.8 Å². The van der Waals surface area contributed by atoms with Gasteiger partial charge >= 0.3 is 0 Å². The lowest BCUT2D eigenvalue weighted by Crippen LogP contribution is -2.26. The summed E-state index contributed by atoms with van der Waals surface area (Å²) in [5.74, 6) is 4.11. The van der Waals surface area contributed by atoms with Crippen molar-refractivity contribution >= 4 is 29.2 Å². The van der Waals surface area contributed by atoms with Crippen LogP contribution in [0.2, 0.25) is 5.15 Å². The Hall–Kier alpha value is -0.480. The van der Waals surface area contributed by atoms with Crippen LogP contribution in [-0.4, -0.2) is 27.5 Å². The molecule has 1 aromatic rings. The first-order valence-corrected chi connectivity index (χ1v) is 7.19. The van der Waals surface area contributed by atoms with Crippen LogP contribution in [-0.2, 0) is 6.42 Å². The lowest BCUT2D eigenvalue weighted by atomic mass is 10.2. The quantitative estimate of drug-likeness (QED) is 0.845. The molecule has 2 heterocycles. The summed E-state index contributed by atoms with van der Waals surface area (Å²) in [4.78, 5) is 8.58. The highest BCUT2D eigenvalue weighted by Crippen LogP contribution is 2.21. The molecule has 1 fully saturated rings. The highest BCUT2D eigenvalue weighted by molar-refractivity contribution is 7.99. The smallest absolute Gasteiger partial charge is 0.134 e. The number of aromatic nitrogens is 2. The number of anilines is 1. The summed E-state index contributed by atoms with van der Waals surface area (Å²) in [6, 6.07) is 2.33. The Morgan fingerprint density at radius 2 is 2.44 bits per heavy atom. The van der Waals surface area contributed by atoms with Gasteiger partial charge in [0.05, 0.1) is 0 Å². The Balaban J connectivity index is 2.04. The van der Waals surface area contributed by atoms with Gasteiger partial charge in [0.25, 0.3) is 0 Å². The lowest BCUT2D eigenvalue weighted by molar-refractivity contribution is 0.681. The van der Waals surface area contributed by atoms with Crippen LogP contribution in [0, 0.1) is 0 Å². The minimum Gasteiger partial charge on any atom is -0.366 e. The third kappa shape index (κ3) is 3.25. The Bertz CT molecular complexity index is 353. The number of nitrogens with one attached hydrogen (secondary N) is 1. The summed E-state index contributed by atoms with van der Waals surface area (Å²) in [6.07, 6.45) is 3.31. The van der Waals surface area contributed by atoms with Gasteiger partial charge in [0.15, 0.2) is 0 Å². The molecule has 0 aromatic carbocycles. The molecule has 0 saturated carbocycles. The molecule has 1 N–H and O–H groups in total. The minimum atomic E-state index is 0.523. The van der Waals surface area contributed by atoms with Crippen LogP contribution in [0.15, 0.2) is 6.07 Å². The van der Waals surface area contributed by atoms with Crippen LogP contribution in [0.25, 0.3) is 0 Å². The fourth-order valence-corrected chi connectivity index (χ4v) is 3.03. The van der Waals surface area contributed by atoms with Gasteiger partial charge in [-0.3, -0.25) is 0 Å². The summed E-state index contributed by atoms with van der Waals surface area (Å²) in [6.45, 7) is 2.03. The van der Waals surface area contributed by atoms with E-state index in [-0.39, 0.29) is 0 Å². The van der Waals surface area contributed by atoms with Crippen LogP contribution in [0.3, 0.4) is 0 Å². The molecule has 1 aliphatic rings. The number of thioether (sulfide) groups is 1. The average Bonchev–Trinajstić information content (AvgIpc) is 2.29. The largest absolute Gasteiger partial charge is 0.366 e. The van der Waals surface area contributed by atoms with Crippen molar-refractivity contribution in [1.82, 2.24) is 9.97 Å². The zero-order valence-corrected chi connectivity index (χ0v) is 10.9. The van der Waals surface area contributed by atoms with E-state index in [1.54, 1.807) is 6.07 Å². The van der Waals surface area contributed by atoms with Crippen LogP contribution < -0.4 is 5.32 Å². The molecule has 5 heteroatoms. The average molecular weight is 258 g/mol. The molecule has 0 bridgehead atoms. The molecule has 2 rings (SSSR count). The van der Waals surface area contributed by atoms with Crippen molar-refractivity contribution in [3.05, 3.63) is 17.0 Å². The van der Waals surface area contributed by atoms with E-state index in [1.165, 1.54) is 18.6 Å². The molecule has 88 valence electrons. The number of hydrogen-bond donors (Lipinski definition) is 1. The van der Waals surface area contributed by atoms with Crippen molar-refractivity contribution in [2.75, 3.05) is 16.8 Å². The summed E-state index contributed by atoms with van der Waals surface area (Å²) in [5.41, 5.74) is 0. The predicted octanol–water partition coefficient (Wildman–Crippen LogP) is 3.00. The summed E-state index contributed by atoms with van der Waals surface area (Å²) in [7, 11) is 0. The van der Waals surface area contributed by atoms with Gasteiger partial charge in [0, 0.05) is 24.3 Å². The maximum atomic E-state index is 5.95. The number of nitrogens with zero attached hydrogens (tertiary/aromatic N) is 2. The zero-order valence-electron chi connectivity index (χ0n) is 9.37. The fraction of sp³-hybridized carbons (Fsp3) is 0.636. The van der Waals surface area contributed by atoms with Gasteiger partial charge in [-0.05, 0) is 18.6 Å². The summed E-state index contributed by atoms with van der Waals surface area (Å²) >= 11 is 7.95. The second kappa shape index (κ2) is 5.73. The van der Waals surface area contributed by atoms with Crippen molar-refractivity contribution in [3.8, 4) is 0 Å². The Morgan fingerprint density at radius 1 is 1.56 bits per heavy atom. The number of rotatable bonds is 3. The fourth-order valence-electron chi connectivity index (χ4n) is 1.76. The molecule has 1 aliphatic heterocycles. The molecule has 1 saturated heterocycles. The van der Waals surface area contributed by atoms with Gasteiger partial charge in [-0.25, -0.2) is 9.97 Å². The highest BCUT2D eigenvalue weighted by Gasteiger charge is 2.14. The van der Waals surface area contributed by atoms with E-state index < -0.39 is 0 Å². The molecule has 1 aromatic heterocycles. The van der Waals surface area contributed by atoms with Crippen molar-refractivity contribution in [3.63, 3.8) is 0 Å². The summed E-state index contributed by atoms with van der Waals surface area (Å²) < 4.78 is 0. The number of halogens is 1. The van der Waals surface area contributed by atoms with E-state index in [0.717, 1.165) is 23.8 Å². The molecule has 1 unspecified atom stereocenters. The predicted molar refractivity (Wildman–Crippen MR) is 70.4 cm³/mol. The van der Waals surface area contributed by atoms with Gasteiger partial charge in [-0.2, -0.15) is 11.8 Å². The standard InChI is InChI=1S/C11H16ClN3S/c1-2-10-14-9(12)6-11(15-10)13-8-4-3-5-16-7-8/h6,8H,2-5,7H2,1H3,(H,13,14,15). The molecule has 0 spiro atoms. The molecule has 0 aliphatic carbocycles. The monoisotopic (exact) mass is 257 g/mol. The van der Waals surface area contributed by atoms with E-state index in [4.69, 9.17) is 11.6 Å². The maximum Gasteiger partial charge on any atom is 0.134 e. The van der Waals surface area contributed by atoms with E-state index in [0.29, 0.717) is 11.2 Å².